The lowest BCUT2D eigenvalue weighted by atomic mass is 10.2. The maximum absolute atomic E-state index is 4.64. The predicted molar refractivity (Wildman–Crippen MR) is 108 cm³/mol. The summed E-state index contributed by atoms with van der Waals surface area (Å²) in [6.07, 6.45) is 5.32. The van der Waals surface area contributed by atoms with Gasteiger partial charge in [0.2, 0.25) is 4.80 Å². The van der Waals surface area contributed by atoms with Crippen LogP contribution in [-0.2, 0) is 0 Å². The monoisotopic (exact) mass is 412 g/mol. The van der Waals surface area contributed by atoms with Crippen molar-refractivity contribution in [2.24, 2.45) is 10.1 Å². The molecular weight excluding hydrogens is 396 g/mol. The van der Waals surface area contributed by atoms with Crippen LogP contribution in [0.25, 0.3) is 11.3 Å². The molecule has 0 N–H and O–H groups in total. The van der Waals surface area contributed by atoms with Crippen molar-refractivity contribution in [3.05, 3.63) is 81.2 Å². The Bertz CT molecular complexity index is 953. The number of rotatable bonds is 5. The van der Waals surface area contributed by atoms with E-state index in [1.54, 1.807) is 29.9 Å². The van der Waals surface area contributed by atoms with Crippen molar-refractivity contribution < 1.29 is 0 Å². The molecule has 0 saturated heterocycles. The van der Waals surface area contributed by atoms with Gasteiger partial charge in [0.1, 0.15) is 0 Å². The van der Waals surface area contributed by atoms with Crippen molar-refractivity contribution in [3.63, 3.8) is 0 Å². The summed E-state index contributed by atoms with van der Waals surface area (Å²) >= 11 is 5.04. The zero-order chi connectivity index (χ0) is 17.6. The van der Waals surface area contributed by atoms with Crippen LogP contribution in [0, 0.1) is 0 Å². The molecule has 4 nitrogen and oxygen atoms in total. The Kier molecular flexibility index (Phi) is 5.73. The first-order chi connectivity index (χ1) is 12.1. The molecule has 0 fully saturated rings. The van der Waals surface area contributed by atoms with E-state index in [-0.39, 0.29) is 0 Å². The zero-order valence-electron chi connectivity index (χ0n) is 13.8. The molecule has 0 saturated carbocycles. The van der Waals surface area contributed by atoms with Crippen LogP contribution < -0.4 is 4.80 Å². The number of halogens is 1. The second kappa shape index (κ2) is 8.18. The van der Waals surface area contributed by atoms with Crippen LogP contribution in [0.2, 0.25) is 0 Å². The van der Waals surface area contributed by atoms with E-state index < -0.39 is 0 Å². The average Bonchev–Trinajstić information content (AvgIpc) is 3.02. The number of pyridine rings is 1. The van der Waals surface area contributed by atoms with Crippen molar-refractivity contribution in [2.75, 3.05) is 6.54 Å². The van der Waals surface area contributed by atoms with Gasteiger partial charge in [0.05, 0.1) is 18.5 Å². The Morgan fingerprint density at radius 1 is 1.32 bits per heavy atom. The van der Waals surface area contributed by atoms with E-state index in [9.17, 15) is 0 Å². The quantitative estimate of drug-likeness (QED) is 0.440. The SMILES string of the molecule is C=C(C)CN=c1scc(-c2ccc(Br)cc2)n1N=Cc1cccnc1. The molecule has 0 amide bonds. The number of hydrogen-bond donors (Lipinski definition) is 0. The van der Waals surface area contributed by atoms with Gasteiger partial charge < -0.3 is 0 Å². The summed E-state index contributed by atoms with van der Waals surface area (Å²) in [5, 5.41) is 6.71. The first kappa shape index (κ1) is 17.5. The highest BCUT2D eigenvalue weighted by atomic mass is 79.9. The van der Waals surface area contributed by atoms with Crippen LogP contribution in [0.15, 0.2) is 80.9 Å². The number of aromatic nitrogens is 2. The van der Waals surface area contributed by atoms with Gasteiger partial charge in [-0.1, -0.05) is 46.3 Å². The Balaban J connectivity index is 2.06. The third-order valence-electron chi connectivity index (χ3n) is 3.32. The summed E-state index contributed by atoms with van der Waals surface area (Å²) in [7, 11) is 0. The van der Waals surface area contributed by atoms with Crippen molar-refractivity contribution in [3.8, 4) is 11.3 Å². The summed E-state index contributed by atoms with van der Waals surface area (Å²) in [6.45, 7) is 6.47. The largest absolute Gasteiger partial charge is 0.264 e. The standard InChI is InChI=1S/C19H17BrN4S/c1-14(2)10-22-19-24(23-12-15-4-3-9-21-11-15)18(13-25-19)16-5-7-17(20)8-6-16/h3-9,11-13H,1,10H2,2H3. The highest BCUT2D eigenvalue weighted by molar-refractivity contribution is 9.10. The van der Waals surface area contributed by atoms with Gasteiger partial charge in [-0.2, -0.15) is 5.10 Å². The van der Waals surface area contributed by atoms with E-state index in [1.165, 1.54) is 0 Å². The minimum atomic E-state index is 0.586. The molecule has 2 heterocycles. The van der Waals surface area contributed by atoms with Gasteiger partial charge in [-0.25, -0.2) is 4.68 Å². The van der Waals surface area contributed by atoms with E-state index in [1.807, 2.05) is 35.9 Å². The topological polar surface area (TPSA) is 42.5 Å². The maximum atomic E-state index is 4.64. The molecular formula is C19H17BrN4S. The van der Waals surface area contributed by atoms with Crippen molar-refractivity contribution in [1.82, 2.24) is 9.66 Å². The summed E-state index contributed by atoms with van der Waals surface area (Å²) in [4.78, 5) is 9.58. The van der Waals surface area contributed by atoms with Crippen LogP contribution in [0.3, 0.4) is 0 Å². The van der Waals surface area contributed by atoms with Crippen LogP contribution in [0.5, 0.6) is 0 Å². The van der Waals surface area contributed by atoms with E-state index >= 15 is 0 Å². The Morgan fingerprint density at radius 3 is 2.80 bits per heavy atom. The van der Waals surface area contributed by atoms with Gasteiger partial charge >= 0.3 is 0 Å². The minimum Gasteiger partial charge on any atom is -0.264 e. The Labute approximate surface area is 159 Å². The lowest BCUT2D eigenvalue weighted by Crippen LogP contribution is -2.13. The van der Waals surface area contributed by atoms with Gasteiger partial charge in [-0.15, -0.1) is 11.3 Å². The van der Waals surface area contributed by atoms with Gasteiger partial charge in [0.15, 0.2) is 0 Å². The van der Waals surface area contributed by atoms with Gasteiger partial charge in [-0.05, 0) is 25.1 Å². The van der Waals surface area contributed by atoms with Gasteiger partial charge in [0, 0.05) is 33.4 Å². The third kappa shape index (κ3) is 4.61. The first-order valence-corrected chi connectivity index (χ1v) is 9.36. The van der Waals surface area contributed by atoms with E-state index in [0.717, 1.165) is 31.7 Å². The van der Waals surface area contributed by atoms with Gasteiger partial charge in [0.25, 0.3) is 0 Å². The van der Waals surface area contributed by atoms with Crippen molar-refractivity contribution >= 4 is 33.5 Å². The normalized spacial score (nSPS) is 12.0. The molecule has 0 spiro atoms. The molecule has 0 aliphatic heterocycles. The lowest BCUT2D eigenvalue weighted by molar-refractivity contribution is 0.836. The second-order valence-electron chi connectivity index (χ2n) is 5.53. The Morgan fingerprint density at radius 2 is 2.12 bits per heavy atom. The number of thiazole rings is 1. The molecule has 0 aliphatic carbocycles. The highest BCUT2D eigenvalue weighted by Crippen LogP contribution is 2.22. The fraction of sp³-hybridized carbons (Fsp3) is 0.105. The van der Waals surface area contributed by atoms with Gasteiger partial charge in [-0.3, -0.25) is 9.98 Å². The molecule has 0 aliphatic rings. The smallest absolute Gasteiger partial charge is 0.206 e. The molecule has 6 heteroatoms. The molecule has 126 valence electrons. The zero-order valence-corrected chi connectivity index (χ0v) is 16.2. The molecule has 3 rings (SSSR count). The summed E-state index contributed by atoms with van der Waals surface area (Å²) < 4.78 is 2.91. The van der Waals surface area contributed by atoms with E-state index in [4.69, 9.17) is 0 Å². The van der Waals surface area contributed by atoms with Crippen LogP contribution in [0.1, 0.15) is 12.5 Å². The number of hydrogen-bond acceptors (Lipinski definition) is 4. The molecule has 0 unspecified atom stereocenters. The fourth-order valence-electron chi connectivity index (χ4n) is 2.12. The lowest BCUT2D eigenvalue weighted by Gasteiger charge is -2.04. The molecule has 25 heavy (non-hydrogen) atoms. The molecule has 3 aromatic rings. The third-order valence-corrected chi connectivity index (χ3v) is 4.70. The van der Waals surface area contributed by atoms with Crippen molar-refractivity contribution in [1.29, 1.82) is 0 Å². The first-order valence-electron chi connectivity index (χ1n) is 7.69. The van der Waals surface area contributed by atoms with Crippen LogP contribution in [-0.4, -0.2) is 22.4 Å². The maximum Gasteiger partial charge on any atom is 0.206 e. The second-order valence-corrected chi connectivity index (χ2v) is 7.28. The average molecular weight is 413 g/mol. The highest BCUT2D eigenvalue weighted by Gasteiger charge is 2.07. The number of nitrogens with zero attached hydrogens (tertiary/aromatic N) is 4. The molecule has 0 radical (unpaired) electrons. The molecule has 0 bridgehead atoms. The Hall–Kier alpha value is -2.31. The molecule has 0 atom stereocenters. The molecule has 1 aromatic carbocycles. The van der Waals surface area contributed by atoms with E-state index in [2.05, 4.69) is 55.1 Å². The van der Waals surface area contributed by atoms with E-state index in [0.29, 0.717) is 6.54 Å². The fourth-order valence-corrected chi connectivity index (χ4v) is 3.22. The molecule has 2 aromatic heterocycles. The van der Waals surface area contributed by atoms with Crippen LogP contribution >= 0.6 is 27.3 Å². The summed E-state index contributed by atoms with van der Waals surface area (Å²) in [5.74, 6) is 0. The van der Waals surface area contributed by atoms with Crippen molar-refractivity contribution in [2.45, 2.75) is 6.92 Å². The predicted octanol–water partition coefficient (Wildman–Crippen LogP) is 4.73. The summed E-state index contributed by atoms with van der Waals surface area (Å²) in [6, 6.07) is 12.0. The number of benzene rings is 1. The summed E-state index contributed by atoms with van der Waals surface area (Å²) in [5.41, 5.74) is 4.04. The van der Waals surface area contributed by atoms with Crippen LogP contribution in [0.4, 0.5) is 0 Å². The minimum absolute atomic E-state index is 0.586.